The molecule has 0 heterocycles. The van der Waals surface area contributed by atoms with Crippen LogP contribution in [0, 0.1) is 0 Å². The lowest BCUT2D eigenvalue weighted by Crippen LogP contribution is -2.19. The van der Waals surface area contributed by atoms with E-state index < -0.39 is 8.80 Å². The molecule has 0 spiro atoms. The van der Waals surface area contributed by atoms with Crippen LogP contribution in [0.3, 0.4) is 0 Å². The molecule has 0 aliphatic heterocycles. The Morgan fingerprint density at radius 2 is 1.16 bits per heavy atom. The molecule has 3 aromatic rings. The summed E-state index contributed by atoms with van der Waals surface area (Å²) >= 11 is 0. The zero-order valence-corrected chi connectivity index (χ0v) is 15.9. The molecule has 0 bridgehead atoms. The summed E-state index contributed by atoms with van der Waals surface area (Å²) < 4.78 is 0. The van der Waals surface area contributed by atoms with Gasteiger partial charge in [-0.05, 0) is 38.9 Å². The average Bonchev–Trinajstić information content (AvgIpc) is 3.17. The zero-order valence-electron chi connectivity index (χ0n) is 14.7. The van der Waals surface area contributed by atoms with E-state index in [0.29, 0.717) is 11.5 Å². The van der Waals surface area contributed by atoms with Gasteiger partial charge in [0.05, 0.1) is 0 Å². The maximum absolute atomic E-state index is 2.50. The number of hydrogen-bond donors (Lipinski definition) is 0. The van der Waals surface area contributed by atoms with Gasteiger partial charge in [0.15, 0.2) is 0 Å². The first kappa shape index (κ1) is 14.9. The van der Waals surface area contributed by atoms with Crippen molar-refractivity contribution in [2.24, 2.45) is 0 Å². The number of fused-ring (bicyclic) bond motifs is 4. The monoisotopic (exact) mass is 338 g/mol. The van der Waals surface area contributed by atoms with Gasteiger partial charge in [-0.25, -0.2) is 0 Å². The molecule has 0 nitrogen and oxygen atoms in total. The molecule has 2 aliphatic carbocycles. The SMILES string of the molecule is C[SiH](C)C1C(C2c3ccccc3-c3ccccc32)=Cc2ccccc21. The molecule has 0 amide bonds. The van der Waals surface area contributed by atoms with E-state index >= 15 is 0 Å². The fourth-order valence-electron chi connectivity index (χ4n) is 4.90. The molecular formula is C24H22Si. The van der Waals surface area contributed by atoms with Crippen molar-refractivity contribution >= 4 is 14.9 Å². The van der Waals surface area contributed by atoms with Crippen molar-refractivity contribution in [3.8, 4) is 11.1 Å². The highest BCUT2D eigenvalue weighted by Crippen LogP contribution is 2.54. The van der Waals surface area contributed by atoms with Gasteiger partial charge < -0.3 is 0 Å². The highest BCUT2D eigenvalue weighted by Gasteiger charge is 2.38. The summed E-state index contributed by atoms with van der Waals surface area (Å²) in [5.74, 6) is 0.416. The summed E-state index contributed by atoms with van der Waals surface area (Å²) in [4.78, 5) is 0. The summed E-state index contributed by atoms with van der Waals surface area (Å²) in [6.07, 6.45) is 2.50. The fourth-order valence-corrected chi connectivity index (χ4v) is 6.98. The molecule has 0 saturated heterocycles. The van der Waals surface area contributed by atoms with Gasteiger partial charge in [0.2, 0.25) is 0 Å². The van der Waals surface area contributed by atoms with Crippen molar-refractivity contribution in [3.05, 3.63) is 101 Å². The van der Waals surface area contributed by atoms with Crippen LogP contribution in [0.15, 0.2) is 78.4 Å². The van der Waals surface area contributed by atoms with Crippen molar-refractivity contribution in [3.63, 3.8) is 0 Å². The second-order valence-electron chi connectivity index (χ2n) is 7.60. The van der Waals surface area contributed by atoms with Crippen LogP contribution in [0.25, 0.3) is 17.2 Å². The lowest BCUT2D eigenvalue weighted by Gasteiger charge is -2.26. The third-order valence-corrected chi connectivity index (χ3v) is 7.92. The largest absolute Gasteiger partial charge is 0.0714 e. The lowest BCUT2D eigenvalue weighted by molar-refractivity contribution is 0.913. The maximum atomic E-state index is 2.50. The molecule has 0 saturated carbocycles. The second kappa shape index (κ2) is 5.57. The van der Waals surface area contributed by atoms with Crippen LogP contribution in [0.1, 0.15) is 33.7 Å². The van der Waals surface area contributed by atoms with E-state index in [1.165, 1.54) is 27.8 Å². The summed E-state index contributed by atoms with van der Waals surface area (Å²) in [6, 6.07) is 27.0. The number of benzene rings is 3. The topological polar surface area (TPSA) is 0 Å². The lowest BCUT2D eigenvalue weighted by atomic mass is 9.87. The molecule has 1 heteroatoms. The Kier molecular flexibility index (Phi) is 3.32. The van der Waals surface area contributed by atoms with Gasteiger partial charge in [0.25, 0.3) is 0 Å². The highest BCUT2D eigenvalue weighted by molar-refractivity contribution is 6.59. The minimum atomic E-state index is -0.871. The van der Waals surface area contributed by atoms with Crippen LogP contribution >= 0.6 is 0 Å². The summed E-state index contributed by atoms with van der Waals surface area (Å²) in [7, 11) is -0.871. The maximum Gasteiger partial charge on any atom is 0.0440 e. The Balaban J connectivity index is 1.74. The normalized spacial score (nSPS) is 18.0. The Morgan fingerprint density at radius 1 is 0.640 bits per heavy atom. The number of rotatable bonds is 2. The summed E-state index contributed by atoms with van der Waals surface area (Å²) in [5.41, 5.74) is 11.1. The quantitative estimate of drug-likeness (QED) is 0.502. The van der Waals surface area contributed by atoms with E-state index in [2.05, 4.69) is 92.0 Å². The smallest absolute Gasteiger partial charge is 0.0440 e. The van der Waals surface area contributed by atoms with Gasteiger partial charge in [0.1, 0.15) is 0 Å². The van der Waals surface area contributed by atoms with Crippen molar-refractivity contribution in [1.29, 1.82) is 0 Å². The third kappa shape index (κ3) is 2.12. The van der Waals surface area contributed by atoms with Gasteiger partial charge in [-0.15, -0.1) is 0 Å². The van der Waals surface area contributed by atoms with E-state index in [9.17, 15) is 0 Å². The van der Waals surface area contributed by atoms with Gasteiger partial charge in [-0.2, -0.15) is 0 Å². The highest BCUT2D eigenvalue weighted by atomic mass is 28.3. The first-order valence-electron chi connectivity index (χ1n) is 9.24. The molecule has 0 N–H and O–H groups in total. The predicted molar refractivity (Wildman–Crippen MR) is 110 cm³/mol. The zero-order chi connectivity index (χ0) is 17.0. The second-order valence-corrected chi connectivity index (χ2v) is 10.8. The van der Waals surface area contributed by atoms with Crippen molar-refractivity contribution in [2.75, 3.05) is 0 Å². The first-order chi connectivity index (χ1) is 12.3. The van der Waals surface area contributed by atoms with E-state index in [-0.39, 0.29) is 0 Å². The Bertz CT molecular complexity index is 951. The predicted octanol–water partition coefficient (Wildman–Crippen LogP) is 6.01. The van der Waals surface area contributed by atoms with E-state index in [1.54, 1.807) is 11.1 Å². The molecule has 1 unspecified atom stereocenters. The Hall–Kier alpha value is -2.38. The molecule has 0 aromatic heterocycles. The summed E-state index contributed by atoms with van der Waals surface area (Å²) in [5, 5.41) is 0. The van der Waals surface area contributed by atoms with E-state index in [4.69, 9.17) is 0 Å². The average molecular weight is 339 g/mol. The Morgan fingerprint density at radius 3 is 1.76 bits per heavy atom. The molecule has 0 fully saturated rings. The Labute approximate surface area is 151 Å². The first-order valence-corrected chi connectivity index (χ1v) is 12.2. The molecular weight excluding hydrogens is 316 g/mol. The van der Waals surface area contributed by atoms with Crippen LogP contribution in [-0.4, -0.2) is 8.80 Å². The van der Waals surface area contributed by atoms with Crippen LogP contribution in [0.2, 0.25) is 13.1 Å². The van der Waals surface area contributed by atoms with Crippen LogP contribution in [-0.2, 0) is 0 Å². The van der Waals surface area contributed by atoms with Crippen LogP contribution in [0.5, 0.6) is 0 Å². The standard InChI is InChI=1S/C24H22Si/c1-25(2)24-17-10-4-3-9-16(17)15-22(24)23-20-13-7-5-11-18(20)19-12-6-8-14-21(19)23/h3-15,23-25H,1-2H3. The summed E-state index contributed by atoms with van der Waals surface area (Å²) in [6.45, 7) is 4.99. The molecule has 122 valence electrons. The van der Waals surface area contributed by atoms with Gasteiger partial charge in [-0.3, -0.25) is 0 Å². The molecule has 3 aromatic carbocycles. The number of hydrogen-bond acceptors (Lipinski definition) is 0. The molecule has 2 aliphatic rings. The van der Waals surface area contributed by atoms with E-state index in [0.717, 1.165) is 0 Å². The molecule has 5 rings (SSSR count). The van der Waals surface area contributed by atoms with Crippen LogP contribution < -0.4 is 0 Å². The number of allylic oxidation sites excluding steroid dienone is 1. The van der Waals surface area contributed by atoms with Gasteiger partial charge >= 0.3 is 0 Å². The molecule has 0 radical (unpaired) electrons. The minimum absolute atomic E-state index is 0.416. The van der Waals surface area contributed by atoms with Crippen molar-refractivity contribution in [1.82, 2.24) is 0 Å². The molecule has 25 heavy (non-hydrogen) atoms. The van der Waals surface area contributed by atoms with Crippen molar-refractivity contribution < 1.29 is 0 Å². The van der Waals surface area contributed by atoms with Gasteiger partial charge in [0, 0.05) is 14.7 Å². The fraction of sp³-hybridized carbons (Fsp3) is 0.167. The third-order valence-electron chi connectivity index (χ3n) is 5.85. The minimum Gasteiger partial charge on any atom is -0.0714 e. The van der Waals surface area contributed by atoms with Crippen LogP contribution in [0.4, 0.5) is 0 Å². The van der Waals surface area contributed by atoms with E-state index in [1.807, 2.05) is 0 Å². The molecule has 1 atom stereocenters. The van der Waals surface area contributed by atoms with Gasteiger partial charge in [-0.1, -0.05) is 97.5 Å². The van der Waals surface area contributed by atoms with Crippen molar-refractivity contribution in [2.45, 2.75) is 24.6 Å².